The standard InChI is InChI=1S/C12H11N3O7/c1-5(16)13-6-2-7(14-9(17)11(19)20)4-8(3-6)15-10(18)12(21)22/h2-4H,1H3,(H,13,16)(H,14,17)(H,15,18)(H,19,20)(H,21,22). The van der Waals surface area contributed by atoms with Crippen LogP contribution in [0.4, 0.5) is 17.1 Å². The van der Waals surface area contributed by atoms with Crippen LogP contribution in [0.5, 0.6) is 0 Å². The Bertz CT molecular complexity index is 622. The number of carboxylic acids is 2. The fourth-order valence-corrected chi connectivity index (χ4v) is 1.42. The van der Waals surface area contributed by atoms with Gasteiger partial charge in [0.1, 0.15) is 0 Å². The van der Waals surface area contributed by atoms with E-state index in [2.05, 4.69) is 5.32 Å². The van der Waals surface area contributed by atoms with Crippen LogP contribution in [0.3, 0.4) is 0 Å². The van der Waals surface area contributed by atoms with E-state index in [1.54, 1.807) is 0 Å². The Kier molecular flexibility index (Phi) is 5.16. The molecule has 0 unspecified atom stereocenters. The van der Waals surface area contributed by atoms with Crippen LogP contribution < -0.4 is 16.0 Å². The Hall–Kier alpha value is -3.43. The number of amides is 3. The number of aliphatic carboxylic acids is 2. The molecule has 0 aromatic heterocycles. The zero-order valence-corrected chi connectivity index (χ0v) is 11.2. The van der Waals surface area contributed by atoms with E-state index < -0.39 is 29.7 Å². The molecule has 116 valence electrons. The van der Waals surface area contributed by atoms with Gasteiger partial charge in [0.15, 0.2) is 0 Å². The first-order chi connectivity index (χ1) is 10.2. The lowest BCUT2D eigenvalue weighted by atomic mass is 10.2. The van der Waals surface area contributed by atoms with Crippen molar-refractivity contribution in [1.82, 2.24) is 0 Å². The van der Waals surface area contributed by atoms with E-state index in [0.717, 1.165) is 6.07 Å². The maximum absolute atomic E-state index is 11.1. The highest BCUT2D eigenvalue weighted by molar-refractivity contribution is 6.37. The minimum Gasteiger partial charge on any atom is -0.474 e. The largest absolute Gasteiger partial charge is 0.474 e. The molecule has 0 spiro atoms. The molecule has 3 amide bonds. The Morgan fingerprint density at radius 2 is 1.05 bits per heavy atom. The average molecular weight is 309 g/mol. The van der Waals surface area contributed by atoms with Crippen LogP contribution in [0.25, 0.3) is 0 Å². The quantitative estimate of drug-likeness (QED) is 0.478. The number of benzene rings is 1. The zero-order valence-electron chi connectivity index (χ0n) is 11.2. The minimum atomic E-state index is -1.74. The number of anilines is 3. The molecule has 0 saturated heterocycles. The normalized spacial score (nSPS) is 9.50. The lowest BCUT2D eigenvalue weighted by molar-refractivity contribution is -0.147. The fourth-order valence-electron chi connectivity index (χ4n) is 1.42. The molecule has 0 aliphatic heterocycles. The predicted molar refractivity (Wildman–Crippen MR) is 73.3 cm³/mol. The Morgan fingerprint density at radius 1 is 0.727 bits per heavy atom. The lowest BCUT2D eigenvalue weighted by Crippen LogP contribution is -2.23. The molecule has 1 aromatic carbocycles. The summed E-state index contributed by atoms with van der Waals surface area (Å²) in [6, 6.07) is 3.60. The molecule has 0 bridgehead atoms. The van der Waals surface area contributed by atoms with Crippen LogP contribution in [0.2, 0.25) is 0 Å². The molecule has 0 heterocycles. The van der Waals surface area contributed by atoms with Crippen molar-refractivity contribution < 1.29 is 34.2 Å². The maximum atomic E-state index is 11.1. The minimum absolute atomic E-state index is 0.0562. The van der Waals surface area contributed by atoms with E-state index in [-0.39, 0.29) is 17.1 Å². The van der Waals surface area contributed by atoms with Gasteiger partial charge in [-0.05, 0) is 18.2 Å². The van der Waals surface area contributed by atoms with Crippen molar-refractivity contribution in [1.29, 1.82) is 0 Å². The summed E-state index contributed by atoms with van der Waals surface area (Å²) in [5, 5.41) is 23.4. The van der Waals surface area contributed by atoms with E-state index in [4.69, 9.17) is 10.2 Å². The van der Waals surface area contributed by atoms with Crippen molar-refractivity contribution in [3.63, 3.8) is 0 Å². The van der Waals surface area contributed by atoms with Crippen molar-refractivity contribution in [2.75, 3.05) is 16.0 Å². The fraction of sp³-hybridized carbons (Fsp3) is 0.0833. The summed E-state index contributed by atoms with van der Waals surface area (Å²) < 4.78 is 0. The van der Waals surface area contributed by atoms with Gasteiger partial charge in [0.05, 0.1) is 0 Å². The van der Waals surface area contributed by atoms with E-state index in [0.29, 0.717) is 0 Å². The Morgan fingerprint density at radius 3 is 1.32 bits per heavy atom. The molecular formula is C12H11N3O7. The van der Waals surface area contributed by atoms with Crippen molar-refractivity contribution >= 4 is 46.7 Å². The molecule has 0 radical (unpaired) electrons. The summed E-state index contributed by atoms with van der Waals surface area (Å²) in [6.07, 6.45) is 0. The van der Waals surface area contributed by atoms with Crippen LogP contribution in [-0.4, -0.2) is 39.9 Å². The summed E-state index contributed by atoms with van der Waals surface area (Å²) in [6.45, 7) is 1.21. The van der Waals surface area contributed by atoms with Gasteiger partial charge in [-0.25, -0.2) is 9.59 Å². The third-order valence-electron chi connectivity index (χ3n) is 2.16. The molecule has 10 heteroatoms. The number of carboxylic acid groups (broad SMARTS) is 2. The molecule has 0 saturated carbocycles. The predicted octanol–water partition coefficient (Wildman–Crippen LogP) is -0.309. The van der Waals surface area contributed by atoms with Crippen LogP contribution in [0, 0.1) is 0 Å². The second-order valence-electron chi connectivity index (χ2n) is 4.00. The van der Waals surface area contributed by atoms with Gasteiger partial charge in [-0.2, -0.15) is 0 Å². The highest BCUT2D eigenvalue weighted by Crippen LogP contribution is 2.23. The molecule has 1 aromatic rings. The molecule has 22 heavy (non-hydrogen) atoms. The first-order valence-corrected chi connectivity index (χ1v) is 5.70. The van der Waals surface area contributed by atoms with Gasteiger partial charge in [0, 0.05) is 24.0 Å². The number of hydrogen-bond donors (Lipinski definition) is 5. The monoisotopic (exact) mass is 309 g/mol. The van der Waals surface area contributed by atoms with E-state index in [1.807, 2.05) is 10.6 Å². The SMILES string of the molecule is CC(=O)Nc1cc(NC(=O)C(=O)O)cc(NC(=O)C(=O)O)c1. The number of nitrogens with one attached hydrogen (secondary N) is 3. The van der Waals surface area contributed by atoms with E-state index in [1.165, 1.54) is 19.1 Å². The highest BCUT2D eigenvalue weighted by Gasteiger charge is 2.15. The van der Waals surface area contributed by atoms with Crippen molar-refractivity contribution in [2.45, 2.75) is 6.92 Å². The van der Waals surface area contributed by atoms with Gasteiger partial charge in [0.2, 0.25) is 5.91 Å². The van der Waals surface area contributed by atoms with Gasteiger partial charge in [-0.15, -0.1) is 0 Å². The zero-order chi connectivity index (χ0) is 16.9. The average Bonchev–Trinajstić information content (AvgIpc) is 2.36. The number of rotatable bonds is 3. The molecule has 0 aliphatic rings. The summed E-state index contributed by atoms with van der Waals surface area (Å²) in [5.41, 5.74) is 0.00931. The van der Waals surface area contributed by atoms with Gasteiger partial charge < -0.3 is 26.2 Å². The van der Waals surface area contributed by atoms with Gasteiger partial charge >= 0.3 is 23.8 Å². The number of hydrogen-bond acceptors (Lipinski definition) is 5. The molecule has 0 atom stereocenters. The smallest absolute Gasteiger partial charge is 0.394 e. The Labute approximate surface area is 123 Å². The molecule has 0 fully saturated rings. The molecule has 5 N–H and O–H groups in total. The maximum Gasteiger partial charge on any atom is 0.394 e. The summed E-state index contributed by atoms with van der Waals surface area (Å²) in [4.78, 5) is 54.2. The molecule has 0 aliphatic carbocycles. The second kappa shape index (κ2) is 6.83. The molecule has 1 rings (SSSR count). The van der Waals surface area contributed by atoms with Crippen LogP contribution in [-0.2, 0) is 24.0 Å². The Balaban J connectivity index is 3.12. The van der Waals surface area contributed by atoms with Gasteiger partial charge in [-0.1, -0.05) is 0 Å². The topological polar surface area (TPSA) is 162 Å². The molecule has 10 nitrogen and oxygen atoms in total. The second-order valence-corrected chi connectivity index (χ2v) is 4.00. The van der Waals surface area contributed by atoms with Gasteiger partial charge in [-0.3, -0.25) is 14.4 Å². The van der Waals surface area contributed by atoms with Crippen LogP contribution in [0.15, 0.2) is 18.2 Å². The molecular weight excluding hydrogens is 298 g/mol. The summed E-state index contributed by atoms with van der Waals surface area (Å²) in [7, 11) is 0. The number of carbonyl (C=O) groups is 5. The first kappa shape index (κ1) is 16.6. The van der Waals surface area contributed by atoms with Crippen LogP contribution in [0.1, 0.15) is 6.92 Å². The van der Waals surface area contributed by atoms with Crippen molar-refractivity contribution in [2.24, 2.45) is 0 Å². The van der Waals surface area contributed by atoms with Crippen molar-refractivity contribution in [3.8, 4) is 0 Å². The van der Waals surface area contributed by atoms with Crippen LogP contribution >= 0.6 is 0 Å². The highest BCUT2D eigenvalue weighted by atomic mass is 16.4. The first-order valence-electron chi connectivity index (χ1n) is 5.70. The lowest BCUT2D eigenvalue weighted by Gasteiger charge is -2.10. The van der Waals surface area contributed by atoms with Gasteiger partial charge in [0.25, 0.3) is 0 Å². The van der Waals surface area contributed by atoms with E-state index in [9.17, 15) is 24.0 Å². The summed E-state index contributed by atoms with van der Waals surface area (Å²) in [5.74, 6) is -6.61. The van der Waals surface area contributed by atoms with Crippen molar-refractivity contribution in [3.05, 3.63) is 18.2 Å². The number of carbonyl (C=O) groups excluding carboxylic acids is 3. The van der Waals surface area contributed by atoms with E-state index >= 15 is 0 Å². The summed E-state index contributed by atoms with van der Waals surface area (Å²) >= 11 is 0. The third kappa shape index (κ3) is 4.92. The third-order valence-corrected chi connectivity index (χ3v) is 2.16.